The number of benzene rings is 2. The number of hydrogen-bond donors (Lipinski definition) is 2. The van der Waals surface area contributed by atoms with E-state index in [-0.39, 0.29) is 11.2 Å². The third-order valence-corrected chi connectivity index (χ3v) is 5.71. The number of H-pyrrole nitrogens is 1. The second-order valence-corrected chi connectivity index (χ2v) is 7.62. The molecule has 4 rings (SSSR count). The van der Waals surface area contributed by atoms with Crippen molar-refractivity contribution in [2.45, 2.75) is 24.4 Å². The quantitative estimate of drug-likeness (QED) is 0.673. The molecule has 1 atom stereocenters. The van der Waals surface area contributed by atoms with E-state index in [2.05, 4.69) is 21.6 Å². The van der Waals surface area contributed by atoms with Gasteiger partial charge in [-0.15, -0.1) is 0 Å². The molecule has 1 aromatic heterocycles. The molecule has 0 aliphatic carbocycles. The van der Waals surface area contributed by atoms with Crippen LogP contribution in [0, 0.1) is 17.1 Å². The maximum atomic E-state index is 13.4. The molecule has 0 saturated carbocycles. The molecule has 3 aromatic rings. The maximum absolute atomic E-state index is 13.4. The Bertz CT molecular complexity index is 1010. The van der Waals surface area contributed by atoms with E-state index < -0.39 is 6.10 Å². The Labute approximate surface area is 167 Å². The molecule has 2 aromatic carbocycles. The first kappa shape index (κ1) is 18.9. The third-order valence-electron chi connectivity index (χ3n) is 5.49. The lowest BCUT2D eigenvalue weighted by molar-refractivity contribution is 0.0353. The van der Waals surface area contributed by atoms with Crippen LogP contribution in [-0.2, 0) is 10.2 Å². The molecular formula is C21H20ClFN4O. The molecule has 0 spiro atoms. The van der Waals surface area contributed by atoms with Crippen LogP contribution in [0.3, 0.4) is 0 Å². The van der Waals surface area contributed by atoms with Crippen molar-refractivity contribution in [2.75, 3.05) is 19.7 Å². The van der Waals surface area contributed by atoms with Gasteiger partial charge in [0.1, 0.15) is 5.82 Å². The summed E-state index contributed by atoms with van der Waals surface area (Å²) in [5.74, 6) is -0.260. The second-order valence-electron chi connectivity index (χ2n) is 7.19. The number of piperidine rings is 1. The van der Waals surface area contributed by atoms with Gasteiger partial charge in [0.15, 0.2) is 6.10 Å². The zero-order valence-electron chi connectivity index (χ0n) is 15.2. The predicted molar refractivity (Wildman–Crippen MR) is 106 cm³/mol. The summed E-state index contributed by atoms with van der Waals surface area (Å²) in [5, 5.41) is 21.5. The molecule has 1 unspecified atom stereocenters. The first-order valence-corrected chi connectivity index (χ1v) is 9.60. The Morgan fingerprint density at radius 3 is 2.71 bits per heavy atom. The van der Waals surface area contributed by atoms with Crippen molar-refractivity contribution in [3.63, 3.8) is 0 Å². The number of aromatic nitrogens is 2. The first-order valence-electron chi connectivity index (χ1n) is 9.22. The van der Waals surface area contributed by atoms with Gasteiger partial charge in [-0.05, 0) is 55.8 Å². The van der Waals surface area contributed by atoms with Crippen molar-refractivity contribution in [3.8, 4) is 6.07 Å². The molecule has 0 amide bonds. The summed E-state index contributed by atoms with van der Waals surface area (Å²) < 4.78 is 19.6. The number of nitriles is 1. The van der Waals surface area contributed by atoms with Crippen molar-refractivity contribution < 1.29 is 9.13 Å². The summed E-state index contributed by atoms with van der Waals surface area (Å²) in [5.41, 5.74) is 2.19. The number of fused-ring (bicyclic) bond motifs is 1. The first-order chi connectivity index (χ1) is 13.6. The number of ether oxygens (including phenoxy) is 1. The molecule has 7 heteroatoms. The molecule has 1 saturated heterocycles. The van der Waals surface area contributed by atoms with E-state index >= 15 is 0 Å². The SMILES string of the molecule is N#CC(OCC1(c2ccc(F)cc2)CCNCC1)c1cc(Cl)cc2cn[nH]c12. The van der Waals surface area contributed by atoms with Crippen LogP contribution in [-0.4, -0.2) is 29.9 Å². The highest BCUT2D eigenvalue weighted by atomic mass is 35.5. The van der Waals surface area contributed by atoms with Crippen LogP contribution in [0.5, 0.6) is 0 Å². The number of hydrogen-bond acceptors (Lipinski definition) is 4. The zero-order chi connectivity index (χ0) is 19.6. The lowest BCUT2D eigenvalue weighted by Crippen LogP contribution is -2.43. The summed E-state index contributed by atoms with van der Waals surface area (Å²) in [6.45, 7) is 2.06. The number of halogens is 2. The van der Waals surface area contributed by atoms with Crippen molar-refractivity contribution in [1.29, 1.82) is 5.26 Å². The van der Waals surface area contributed by atoms with Crippen molar-refractivity contribution in [1.82, 2.24) is 15.5 Å². The maximum Gasteiger partial charge on any atom is 0.171 e. The van der Waals surface area contributed by atoms with E-state index in [0.717, 1.165) is 42.4 Å². The fourth-order valence-corrected chi connectivity index (χ4v) is 4.15. The summed E-state index contributed by atoms with van der Waals surface area (Å²) in [6, 6.07) is 12.4. The van der Waals surface area contributed by atoms with Crippen LogP contribution in [0.1, 0.15) is 30.1 Å². The van der Waals surface area contributed by atoms with Crippen LogP contribution in [0.2, 0.25) is 5.02 Å². The normalized spacial score (nSPS) is 17.3. The Morgan fingerprint density at radius 2 is 2.00 bits per heavy atom. The van der Waals surface area contributed by atoms with E-state index in [1.807, 2.05) is 12.1 Å². The van der Waals surface area contributed by atoms with E-state index in [4.69, 9.17) is 16.3 Å². The van der Waals surface area contributed by atoms with Crippen LogP contribution < -0.4 is 5.32 Å². The summed E-state index contributed by atoms with van der Waals surface area (Å²) in [7, 11) is 0. The fraction of sp³-hybridized carbons (Fsp3) is 0.333. The highest BCUT2D eigenvalue weighted by molar-refractivity contribution is 6.31. The van der Waals surface area contributed by atoms with Crippen molar-refractivity contribution in [3.05, 3.63) is 64.6 Å². The van der Waals surface area contributed by atoms with E-state index in [1.165, 1.54) is 12.1 Å². The molecular weight excluding hydrogens is 379 g/mol. The minimum Gasteiger partial charge on any atom is -0.358 e. The topological polar surface area (TPSA) is 73.7 Å². The van der Waals surface area contributed by atoms with Gasteiger partial charge in [0.25, 0.3) is 0 Å². The van der Waals surface area contributed by atoms with Crippen LogP contribution in [0.25, 0.3) is 10.9 Å². The smallest absolute Gasteiger partial charge is 0.171 e. The fourth-order valence-electron chi connectivity index (χ4n) is 3.92. The Balaban J connectivity index is 1.63. The summed E-state index contributed by atoms with van der Waals surface area (Å²) in [6.07, 6.45) is 2.60. The number of rotatable bonds is 5. The Morgan fingerprint density at radius 1 is 1.25 bits per heavy atom. The zero-order valence-corrected chi connectivity index (χ0v) is 16.0. The minimum atomic E-state index is -0.783. The van der Waals surface area contributed by atoms with Crippen LogP contribution >= 0.6 is 11.6 Å². The van der Waals surface area contributed by atoms with Gasteiger partial charge < -0.3 is 10.1 Å². The third kappa shape index (κ3) is 3.61. The molecule has 28 heavy (non-hydrogen) atoms. The van der Waals surface area contributed by atoms with Crippen LogP contribution in [0.4, 0.5) is 4.39 Å². The average Bonchev–Trinajstić information content (AvgIpc) is 3.18. The highest BCUT2D eigenvalue weighted by Gasteiger charge is 2.35. The van der Waals surface area contributed by atoms with Crippen LogP contribution in [0.15, 0.2) is 42.6 Å². The molecule has 144 valence electrons. The lowest BCUT2D eigenvalue weighted by atomic mass is 9.74. The van der Waals surface area contributed by atoms with Crippen molar-refractivity contribution >= 4 is 22.5 Å². The van der Waals surface area contributed by atoms with Gasteiger partial charge in [-0.1, -0.05) is 23.7 Å². The minimum absolute atomic E-state index is 0.260. The van der Waals surface area contributed by atoms with Gasteiger partial charge in [-0.3, -0.25) is 5.10 Å². The molecule has 1 fully saturated rings. The highest BCUT2D eigenvalue weighted by Crippen LogP contribution is 2.36. The summed E-state index contributed by atoms with van der Waals surface area (Å²) in [4.78, 5) is 0. The second kappa shape index (κ2) is 7.88. The molecule has 0 bridgehead atoms. The average molecular weight is 399 g/mol. The van der Waals surface area contributed by atoms with E-state index in [0.29, 0.717) is 17.2 Å². The van der Waals surface area contributed by atoms with Gasteiger partial charge in [-0.25, -0.2) is 4.39 Å². The van der Waals surface area contributed by atoms with E-state index in [9.17, 15) is 9.65 Å². The van der Waals surface area contributed by atoms with E-state index in [1.54, 1.807) is 18.3 Å². The Kier molecular flexibility index (Phi) is 5.31. The molecule has 1 aliphatic rings. The summed E-state index contributed by atoms with van der Waals surface area (Å²) >= 11 is 6.22. The standard InChI is InChI=1S/C21H20ClFN4O/c22-16-9-14-12-26-27-20(14)18(10-16)19(11-24)28-13-21(5-7-25-8-6-21)15-1-3-17(23)4-2-15/h1-4,9-10,12,19,25H,5-8,13H2,(H,26,27). The van der Waals surface area contributed by atoms with Crippen molar-refractivity contribution in [2.24, 2.45) is 0 Å². The monoisotopic (exact) mass is 398 g/mol. The van der Waals surface area contributed by atoms with Gasteiger partial charge in [0.2, 0.25) is 0 Å². The predicted octanol–water partition coefficient (Wildman–Crippen LogP) is 4.26. The Hall–Kier alpha value is -2.46. The number of nitrogens with zero attached hydrogens (tertiary/aromatic N) is 2. The molecule has 1 aliphatic heterocycles. The molecule has 0 radical (unpaired) electrons. The molecule has 2 N–H and O–H groups in total. The molecule has 2 heterocycles. The largest absolute Gasteiger partial charge is 0.358 e. The number of aromatic amines is 1. The lowest BCUT2D eigenvalue weighted by Gasteiger charge is -2.38. The number of nitrogens with one attached hydrogen (secondary N) is 2. The van der Waals surface area contributed by atoms with Gasteiger partial charge in [-0.2, -0.15) is 10.4 Å². The van der Waals surface area contributed by atoms with Gasteiger partial charge in [0, 0.05) is 21.4 Å². The molecule has 5 nitrogen and oxygen atoms in total. The van der Waals surface area contributed by atoms with Gasteiger partial charge in [0.05, 0.1) is 24.4 Å². The van der Waals surface area contributed by atoms with Gasteiger partial charge >= 0.3 is 0 Å².